The number of carboxylic acid groups (broad SMARTS) is 1. The Hall–Kier alpha value is -5.57. The van der Waals surface area contributed by atoms with E-state index in [-0.39, 0.29) is 24.7 Å². The third-order valence-corrected chi connectivity index (χ3v) is 7.28. The van der Waals surface area contributed by atoms with Gasteiger partial charge in [0.2, 0.25) is 0 Å². The summed E-state index contributed by atoms with van der Waals surface area (Å²) in [6, 6.07) is 29.4. The number of amides is 1. The van der Waals surface area contributed by atoms with Crippen molar-refractivity contribution in [3.8, 4) is 5.75 Å². The van der Waals surface area contributed by atoms with Gasteiger partial charge in [-0.3, -0.25) is 14.6 Å². The van der Waals surface area contributed by atoms with E-state index in [1.807, 2.05) is 49.4 Å². The van der Waals surface area contributed by atoms with Crippen molar-refractivity contribution in [3.05, 3.63) is 132 Å². The Morgan fingerprint density at radius 3 is 2.27 bits per heavy atom. The molecule has 9 heteroatoms. The molecule has 1 aromatic heterocycles. The van der Waals surface area contributed by atoms with E-state index in [0.717, 1.165) is 17.5 Å². The number of hydrogen-bond acceptors (Lipinski definition) is 7. The molecule has 0 unspecified atom stereocenters. The lowest BCUT2D eigenvalue weighted by Gasteiger charge is -2.22. The molecular formula is C36H34N4O5. The minimum Gasteiger partial charge on any atom is -0.492 e. The molecule has 1 heterocycles. The lowest BCUT2D eigenvalue weighted by Crippen LogP contribution is -2.35. The Kier molecular flexibility index (Phi) is 10.1. The Morgan fingerprint density at radius 1 is 0.844 bits per heavy atom. The van der Waals surface area contributed by atoms with Crippen LogP contribution < -0.4 is 10.1 Å². The summed E-state index contributed by atoms with van der Waals surface area (Å²) >= 11 is 0. The first-order chi connectivity index (χ1) is 21.9. The zero-order chi connectivity index (χ0) is 31.6. The molecule has 0 spiro atoms. The minimum atomic E-state index is -1.03. The summed E-state index contributed by atoms with van der Waals surface area (Å²) in [7, 11) is 0. The van der Waals surface area contributed by atoms with Crippen molar-refractivity contribution < 1.29 is 24.2 Å². The second kappa shape index (κ2) is 14.7. The van der Waals surface area contributed by atoms with Crippen LogP contribution in [0.3, 0.4) is 0 Å². The Labute approximate surface area is 261 Å². The van der Waals surface area contributed by atoms with E-state index in [1.54, 1.807) is 65.6 Å². The topological polar surface area (TPSA) is 122 Å². The van der Waals surface area contributed by atoms with Crippen LogP contribution in [0.4, 0.5) is 5.69 Å². The first kappa shape index (κ1) is 30.9. The summed E-state index contributed by atoms with van der Waals surface area (Å²) in [5.41, 5.74) is 3.87. The molecule has 5 rings (SSSR count). The molecule has 0 aliphatic heterocycles. The highest BCUT2D eigenvalue weighted by Gasteiger charge is 2.22. The number of benzene rings is 4. The summed E-state index contributed by atoms with van der Waals surface area (Å²) in [5, 5.41) is 13.0. The average molecular weight is 603 g/mol. The van der Waals surface area contributed by atoms with Crippen molar-refractivity contribution in [2.45, 2.75) is 25.8 Å². The first-order valence-corrected chi connectivity index (χ1v) is 14.8. The molecule has 45 heavy (non-hydrogen) atoms. The molecule has 5 aromatic rings. The van der Waals surface area contributed by atoms with E-state index in [4.69, 9.17) is 4.74 Å². The number of carboxylic acids is 1. The highest BCUT2D eigenvalue weighted by Crippen LogP contribution is 2.22. The van der Waals surface area contributed by atoms with Crippen LogP contribution in [0.1, 0.15) is 45.3 Å². The fourth-order valence-corrected chi connectivity index (χ4v) is 4.98. The molecule has 4 aromatic carbocycles. The number of ether oxygens (including phenoxy) is 1. The van der Waals surface area contributed by atoms with Gasteiger partial charge in [-0.15, -0.1) is 0 Å². The number of nitrogens with one attached hydrogen (secondary N) is 1. The smallest absolute Gasteiger partial charge is 0.326 e. The molecule has 228 valence electrons. The molecule has 2 N–H and O–H groups in total. The van der Waals surface area contributed by atoms with Crippen LogP contribution in [-0.4, -0.2) is 63.4 Å². The number of aliphatic carboxylic acids is 1. The van der Waals surface area contributed by atoms with Crippen molar-refractivity contribution >= 4 is 34.4 Å². The van der Waals surface area contributed by atoms with Crippen LogP contribution in [0, 0.1) is 0 Å². The number of rotatable bonds is 14. The summed E-state index contributed by atoms with van der Waals surface area (Å²) in [6.07, 6.45) is 2.48. The SMILES string of the molecule is CCCN(CCOc1ccc(C[C@H](Nc2ccccc2C(=O)c2ccccc2)C(=O)O)cc1)C(=O)c1cnc2ccccc2n1. The summed E-state index contributed by atoms with van der Waals surface area (Å²) in [4.78, 5) is 49.0. The summed E-state index contributed by atoms with van der Waals surface area (Å²) in [5.74, 6) is -0.817. The molecule has 0 saturated heterocycles. The number of carbonyl (C=O) groups is 3. The van der Waals surface area contributed by atoms with E-state index in [9.17, 15) is 19.5 Å². The largest absolute Gasteiger partial charge is 0.492 e. The maximum Gasteiger partial charge on any atom is 0.326 e. The first-order valence-electron chi connectivity index (χ1n) is 14.8. The molecule has 0 fully saturated rings. The molecule has 1 amide bonds. The van der Waals surface area contributed by atoms with Crippen LogP contribution in [0.2, 0.25) is 0 Å². The number of aromatic nitrogens is 2. The van der Waals surface area contributed by atoms with Gasteiger partial charge in [0, 0.05) is 29.8 Å². The van der Waals surface area contributed by atoms with Crippen LogP contribution in [-0.2, 0) is 11.2 Å². The Bertz CT molecular complexity index is 1780. The number of hydrogen-bond donors (Lipinski definition) is 2. The molecule has 0 aliphatic carbocycles. The van der Waals surface area contributed by atoms with E-state index >= 15 is 0 Å². The van der Waals surface area contributed by atoms with E-state index < -0.39 is 12.0 Å². The van der Waals surface area contributed by atoms with Gasteiger partial charge in [-0.25, -0.2) is 9.78 Å². The number of para-hydroxylation sites is 3. The van der Waals surface area contributed by atoms with Crippen LogP contribution in [0.15, 0.2) is 109 Å². The minimum absolute atomic E-state index is 0.186. The fourth-order valence-electron chi connectivity index (χ4n) is 4.98. The predicted molar refractivity (Wildman–Crippen MR) is 173 cm³/mol. The van der Waals surface area contributed by atoms with E-state index in [0.29, 0.717) is 46.9 Å². The third-order valence-electron chi connectivity index (χ3n) is 7.28. The third kappa shape index (κ3) is 7.88. The van der Waals surface area contributed by atoms with Crippen molar-refractivity contribution in [2.24, 2.45) is 0 Å². The van der Waals surface area contributed by atoms with Gasteiger partial charge < -0.3 is 20.1 Å². The Balaban J connectivity index is 1.19. The van der Waals surface area contributed by atoms with Gasteiger partial charge in [0.05, 0.1) is 23.8 Å². The number of fused-ring (bicyclic) bond motifs is 1. The zero-order valence-corrected chi connectivity index (χ0v) is 24.9. The highest BCUT2D eigenvalue weighted by molar-refractivity contribution is 6.12. The Morgan fingerprint density at radius 2 is 1.53 bits per heavy atom. The molecule has 0 bridgehead atoms. The molecule has 0 saturated carbocycles. The average Bonchev–Trinajstić information content (AvgIpc) is 3.08. The maximum atomic E-state index is 13.2. The molecular weight excluding hydrogens is 568 g/mol. The summed E-state index contributed by atoms with van der Waals surface area (Å²) in [6.45, 7) is 3.21. The van der Waals surface area contributed by atoms with Gasteiger partial charge in [-0.05, 0) is 48.4 Å². The van der Waals surface area contributed by atoms with Crippen LogP contribution >= 0.6 is 0 Å². The van der Waals surface area contributed by atoms with Crippen molar-refractivity contribution in [3.63, 3.8) is 0 Å². The van der Waals surface area contributed by atoms with Crippen molar-refractivity contribution in [1.82, 2.24) is 14.9 Å². The number of nitrogens with zero attached hydrogens (tertiary/aromatic N) is 3. The normalized spacial score (nSPS) is 11.5. The molecule has 1 atom stereocenters. The van der Waals surface area contributed by atoms with Crippen molar-refractivity contribution in [2.75, 3.05) is 25.0 Å². The lowest BCUT2D eigenvalue weighted by molar-refractivity contribution is -0.137. The second-order valence-electron chi connectivity index (χ2n) is 10.5. The quantitative estimate of drug-likeness (QED) is 0.151. The predicted octanol–water partition coefficient (Wildman–Crippen LogP) is 5.90. The van der Waals surface area contributed by atoms with Gasteiger partial charge in [0.25, 0.3) is 5.91 Å². The van der Waals surface area contributed by atoms with Crippen molar-refractivity contribution in [1.29, 1.82) is 0 Å². The zero-order valence-electron chi connectivity index (χ0n) is 24.9. The monoisotopic (exact) mass is 602 g/mol. The fraction of sp³-hybridized carbons (Fsp3) is 0.194. The van der Waals surface area contributed by atoms with Gasteiger partial charge in [-0.1, -0.05) is 73.7 Å². The van der Waals surface area contributed by atoms with Crippen LogP contribution in [0.5, 0.6) is 5.75 Å². The molecule has 0 radical (unpaired) electrons. The van der Waals surface area contributed by atoms with E-state index in [1.165, 1.54) is 6.20 Å². The lowest BCUT2D eigenvalue weighted by atomic mass is 10.00. The molecule has 0 aliphatic rings. The maximum absolute atomic E-state index is 13.2. The number of ketones is 1. The number of anilines is 1. The van der Waals surface area contributed by atoms with Gasteiger partial charge in [0.1, 0.15) is 24.1 Å². The second-order valence-corrected chi connectivity index (χ2v) is 10.5. The highest BCUT2D eigenvalue weighted by atomic mass is 16.5. The molecule has 9 nitrogen and oxygen atoms in total. The standard InChI is InChI=1S/C36H34N4O5/c1-2-20-40(35(42)33-24-37-30-14-8-9-15-31(30)39-33)21-22-45-27-18-16-25(17-19-27)23-32(36(43)44)38-29-13-7-6-12-28(29)34(41)26-10-4-3-5-11-26/h3-19,24,32,38H,2,20-23H2,1H3,(H,43,44)/t32-/m0/s1. The number of carbonyl (C=O) groups excluding carboxylic acids is 2. The van der Waals surface area contributed by atoms with Gasteiger partial charge >= 0.3 is 5.97 Å². The van der Waals surface area contributed by atoms with E-state index in [2.05, 4.69) is 15.3 Å². The van der Waals surface area contributed by atoms with Gasteiger partial charge in [0.15, 0.2) is 5.78 Å². The van der Waals surface area contributed by atoms with Gasteiger partial charge in [-0.2, -0.15) is 0 Å². The summed E-state index contributed by atoms with van der Waals surface area (Å²) < 4.78 is 5.93. The van der Waals surface area contributed by atoms with Crippen LogP contribution in [0.25, 0.3) is 11.0 Å².